The highest BCUT2D eigenvalue weighted by Gasteiger charge is 2.25. The predicted molar refractivity (Wildman–Crippen MR) is 92.9 cm³/mol. The third kappa shape index (κ3) is 3.74. The number of rotatable bonds is 5. The summed E-state index contributed by atoms with van der Waals surface area (Å²) in [6.07, 6.45) is 0. The van der Waals surface area contributed by atoms with Crippen LogP contribution in [0.3, 0.4) is 0 Å². The van der Waals surface area contributed by atoms with E-state index in [0.29, 0.717) is 16.1 Å². The summed E-state index contributed by atoms with van der Waals surface area (Å²) in [6, 6.07) is 6.36. The molecule has 8 heteroatoms. The number of anilines is 1. The quantitative estimate of drug-likeness (QED) is 0.793. The Kier molecular flexibility index (Phi) is 5.58. The molecule has 0 aliphatic heterocycles. The zero-order valence-corrected chi connectivity index (χ0v) is 14.6. The van der Waals surface area contributed by atoms with Crippen molar-refractivity contribution in [3.8, 4) is 0 Å². The molecular weight excluding hydrogens is 352 g/mol. The van der Waals surface area contributed by atoms with Gasteiger partial charge in [0, 0.05) is 10.6 Å². The van der Waals surface area contributed by atoms with Crippen molar-refractivity contribution in [2.75, 3.05) is 11.9 Å². The molecule has 1 aromatic heterocycles. The van der Waals surface area contributed by atoms with Gasteiger partial charge >= 0.3 is 5.97 Å². The van der Waals surface area contributed by atoms with Crippen molar-refractivity contribution >= 4 is 45.7 Å². The first-order chi connectivity index (χ1) is 11.3. The Morgan fingerprint density at radius 3 is 2.62 bits per heavy atom. The number of nitrogens with two attached hydrogens (primary N) is 1. The fraction of sp³-hybridized carbons (Fsp3) is 0.188. The van der Waals surface area contributed by atoms with Crippen molar-refractivity contribution in [3.05, 3.63) is 50.9 Å². The summed E-state index contributed by atoms with van der Waals surface area (Å²) in [5.74, 6) is -1.76. The maximum Gasteiger partial charge on any atom is 0.341 e. The van der Waals surface area contributed by atoms with Crippen LogP contribution in [0.25, 0.3) is 0 Å². The van der Waals surface area contributed by atoms with E-state index in [9.17, 15) is 14.4 Å². The lowest BCUT2D eigenvalue weighted by atomic mass is 10.1. The Morgan fingerprint density at radius 2 is 2.04 bits per heavy atom. The second-order valence-corrected chi connectivity index (χ2v) is 6.27. The van der Waals surface area contributed by atoms with Crippen LogP contribution in [0.4, 0.5) is 5.00 Å². The van der Waals surface area contributed by atoms with E-state index in [0.717, 1.165) is 11.3 Å². The third-order valence-electron chi connectivity index (χ3n) is 3.16. The first kappa shape index (κ1) is 18.0. The van der Waals surface area contributed by atoms with Gasteiger partial charge in [0.25, 0.3) is 11.8 Å². The number of hydrogen-bond acceptors (Lipinski definition) is 5. The second kappa shape index (κ2) is 7.46. The molecule has 0 aliphatic rings. The Hall–Kier alpha value is -2.38. The summed E-state index contributed by atoms with van der Waals surface area (Å²) in [5.41, 5.74) is 6.16. The number of primary amides is 1. The number of carbonyl (C=O) groups excluding carboxylic acids is 3. The van der Waals surface area contributed by atoms with E-state index in [-0.39, 0.29) is 22.0 Å². The molecule has 126 valence electrons. The van der Waals surface area contributed by atoms with Crippen molar-refractivity contribution in [3.63, 3.8) is 0 Å². The highest BCUT2D eigenvalue weighted by molar-refractivity contribution is 7.18. The van der Waals surface area contributed by atoms with Crippen LogP contribution in [-0.2, 0) is 4.74 Å². The molecule has 2 amide bonds. The number of carbonyl (C=O) groups is 3. The van der Waals surface area contributed by atoms with Crippen molar-refractivity contribution in [2.45, 2.75) is 13.8 Å². The SMILES string of the molecule is CCOC(=O)c1c(NC(=O)c2cccc(Cl)c2)sc(C(N)=O)c1C. The van der Waals surface area contributed by atoms with Gasteiger partial charge < -0.3 is 15.8 Å². The molecule has 3 N–H and O–H groups in total. The fourth-order valence-electron chi connectivity index (χ4n) is 2.09. The molecule has 0 spiro atoms. The highest BCUT2D eigenvalue weighted by Crippen LogP contribution is 2.34. The lowest BCUT2D eigenvalue weighted by Gasteiger charge is -2.07. The molecule has 1 heterocycles. The summed E-state index contributed by atoms with van der Waals surface area (Å²) < 4.78 is 4.99. The summed E-state index contributed by atoms with van der Waals surface area (Å²) in [4.78, 5) is 36.2. The highest BCUT2D eigenvalue weighted by atomic mass is 35.5. The van der Waals surface area contributed by atoms with Crippen LogP contribution in [0, 0.1) is 6.92 Å². The zero-order valence-electron chi connectivity index (χ0n) is 13.0. The van der Waals surface area contributed by atoms with E-state index in [1.807, 2.05) is 0 Å². The lowest BCUT2D eigenvalue weighted by Crippen LogP contribution is -2.15. The fourth-order valence-corrected chi connectivity index (χ4v) is 3.32. The topological polar surface area (TPSA) is 98.5 Å². The third-order valence-corrected chi connectivity index (χ3v) is 4.62. The molecule has 0 aliphatic carbocycles. The molecule has 0 fully saturated rings. The average Bonchev–Trinajstić information content (AvgIpc) is 2.84. The normalized spacial score (nSPS) is 10.3. The van der Waals surface area contributed by atoms with Crippen molar-refractivity contribution < 1.29 is 19.1 Å². The zero-order chi connectivity index (χ0) is 17.9. The Labute approximate surface area is 147 Å². The van der Waals surface area contributed by atoms with Crippen LogP contribution in [-0.4, -0.2) is 24.4 Å². The standard InChI is InChI=1S/C16H15ClN2O4S/c1-3-23-16(22)11-8(2)12(13(18)20)24-15(11)19-14(21)9-5-4-6-10(17)7-9/h4-7H,3H2,1-2H3,(H2,18,20)(H,19,21). The van der Waals surface area contributed by atoms with E-state index in [2.05, 4.69) is 5.32 Å². The Morgan fingerprint density at radius 1 is 1.33 bits per heavy atom. The first-order valence-electron chi connectivity index (χ1n) is 7.02. The summed E-state index contributed by atoms with van der Waals surface area (Å²) in [6.45, 7) is 3.42. The van der Waals surface area contributed by atoms with E-state index in [4.69, 9.17) is 22.1 Å². The molecule has 1 aromatic carbocycles. The molecule has 0 bridgehead atoms. The van der Waals surface area contributed by atoms with Gasteiger partial charge in [0.2, 0.25) is 0 Å². The smallest absolute Gasteiger partial charge is 0.341 e. The minimum atomic E-state index is -0.675. The number of amides is 2. The van der Waals surface area contributed by atoms with Crippen LogP contribution < -0.4 is 11.1 Å². The monoisotopic (exact) mass is 366 g/mol. The van der Waals surface area contributed by atoms with Crippen LogP contribution in [0.2, 0.25) is 5.02 Å². The Bertz CT molecular complexity index is 816. The number of benzene rings is 1. The molecule has 0 unspecified atom stereocenters. The summed E-state index contributed by atoms with van der Waals surface area (Å²) in [5, 5.41) is 3.25. The van der Waals surface area contributed by atoms with Crippen LogP contribution in [0.15, 0.2) is 24.3 Å². The van der Waals surface area contributed by atoms with Crippen LogP contribution in [0.5, 0.6) is 0 Å². The number of ether oxygens (including phenoxy) is 1. The maximum atomic E-state index is 12.4. The molecule has 0 radical (unpaired) electrons. The molecule has 2 rings (SSSR count). The lowest BCUT2D eigenvalue weighted by molar-refractivity contribution is 0.0527. The molecule has 2 aromatic rings. The van der Waals surface area contributed by atoms with Gasteiger partial charge in [-0.1, -0.05) is 17.7 Å². The van der Waals surface area contributed by atoms with Gasteiger partial charge in [-0.15, -0.1) is 11.3 Å². The van der Waals surface area contributed by atoms with Crippen LogP contribution in [0.1, 0.15) is 42.9 Å². The molecule has 6 nitrogen and oxygen atoms in total. The van der Waals surface area contributed by atoms with Gasteiger partial charge in [0.1, 0.15) is 5.00 Å². The maximum absolute atomic E-state index is 12.4. The molecule has 24 heavy (non-hydrogen) atoms. The van der Waals surface area contributed by atoms with Crippen molar-refractivity contribution in [2.24, 2.45) is 5.73 Å². The predicted octanol–water partition coefficient (Wildman–Crippen LogP) is 3.24. The summed E-state index contributed by atoms with van der Waals surface area (Å²) >= 11 is 6.81. The largest absolute Gasteiger partial charge is 0.462 e. The molecule has 0 atom stereocenters. The first-order valence-corrected chi connectivity index (χ1v) is 8.21. The van der Waals surface area contributed by atoms with Gasteiger partial charge in [-0.3, -0.25) is 9.59 Å². The second-order valence-electron chi connectivity index (χ2n) is 4.81. The number of hydrogen-bond donors (Lipinski definition) is 2. The van der Waals surface area contributed by atoms with Crippen molar-refractivity contribution in [1.82, 2.24) is 0 Å². The molecular formula is C16H15ClN2O4S. The van der Waals surface area contributed by atoms with E-state index >= 15 is 0 Å². The van der Waals surface area contributed by atoms with Gasteiger partial charge in [-0.05, 0) is 37.6 Å². The summed E-state index contributed by atoms with van der Waals surface area (Å²) in [7, 11) is 0. The van der Waals surface area contributed by atoms with E-state index < -0.39 is 17.8 Å². The van der Waals surface area contributed by atoms with Crippen LogP contribution >= 0.6 is 22.9 Å². The van der Waals surface area contributed by atoms with Gasteiger partial charge in [0.05, 0.1) is 17.0 Å². The number of halogens is 1. The molecule has 0 saturated carbocycles. The van der Waals surface area contributed by atoms with Gasteiger partial charge in [-0.2, -0.15) is 0 Å². The van der Waals surface area contributed by atoms with E-state index in [1.165, 1.54) is 6.07 Å². The number of nitrogens with one attached hydrogen (secondary N) is 1. The number of thiophene rings is 1. The minimum absolute atomic E-state index is 0.131. The Balaban J connectivity index is 2.41. The minimum Gasteiger partial charge on any atom is -0.462 e. The van der Waals surface area contributed by atoms with Crippen molar-refractivity contribution in [1.29, 1.82) is 0 Å². The van der Waals surface area contributed by atoms with E-state index in [1.54, 1.807) is 32.0 Å². The average molecular weight is 367 g/mol. The molecule has 0 saturated heterocycles. The van der Waals surface area contributed by atoms with Gasteiger partial charge in [-0.25, -0.2) is 4.79 Å². The number of esters is 1. The van der Waals surface area contributed by atoms with Gasteiger partial charge in [0.15, 0.2) is 0 Å².